The number of aryl methyl sites for hydroxylation is 2. The Labute approximate surface area is 144 Å². The standard InChI is InChI=1S/C17H19N5OS/c1-10-4-13(5-11(2)21-10)9-24-17-18-8-15(16(23)22-17)12(3)14-6-19-20-7-14/h4-8,12H,9H2,1-3H3,(H,19,20)(H,18,22,23). The lowest BCUT2D eigenvalue weighted by molar-refractivity contribution is 0.831. The van der Waals surface area contributed by atoms with Gasteiger partial charge in [-0.25, -0.2) is 4.98 Å². The van der Waals surface area contributed by atoms with Gasteiger partial charge in [-0.15, -0.1) is 0 Å². The number of nitrogens with zero attached hydrogens (tertiary/aromatic N) is 3. The summed E-state index contributed by atoms with van der Waals surface area (Å²) in [4.78, 5) is 24.0. The third-order valence-corrected chi connectivity index (χ3v) is 4.76. The van der Waals surface area contributed by atoms with Gasteiger partial charge in [0.05, 0.1) is 6.20 Å². The zero-order valence-corrected chi connectivity index (χ0v) is 14.6. The summed E-state index contributed by atoms with van der Waals surface area (Å²) in [5.41, 5.74) is 4.65. The number of pyridine rings is 1. The fourth-order valence-electron chi connectivity index (χ4n) is 2.60. The van der Waals surface area contributed by atoms with Crippen molar-refractivity contribution in [2.75, 3.05) is 0 Å². The first-order chi connectivity index (χ1) is 11.5. The Balaban J connectivity index is 1.74. The second-order valence-corrected chi connectivity index (χ2v) is 6.74. The zero-order chi connectivity index (χ0) is 17.1. The smallest absolute Gasteiger partial charge is 0.255 e. The summed E-state index contributed by atoms with van der Waals surface area (Å²) in [5, 5.41) is 7.31. The van der Waals surface area contributed by atoms with Crippen LogP contribution in [0.25, 0.3) is 0 Å². The number of hydrogen-bond donors (Lipinski definition) is 2. The van der Waals surface area contributed by atoms with Crippen molar-refractivity contribution in [1.29, 1.82) is 0 Å². The van der Waals surface area contributed by atoms with Crippen LogP contribution in [0.3, 0.4) is 0 Å². The van der Waals surface area contributed by atoms with Gasteiger partial charge in [-0.05, 0) is 37.1 Å². The lowest BCUT2D eigenvalue weighted by Crippen LogP contribution is -2.17. The Morgan fingerprint density at radius 1 is 1.21 bits per heavy atom. The van der Waals surface area contributed by atoms with Crippen molar-refractivity contribution in [3.05, 3.63) is 69.2 Å². The Morgan fingerprint density at radius 3 is 2.58 bits per heavy atom. The van der Waals surface area contributed by atoms with E-state index in [0.29, 0.717) is 10.7 Å². The molecule has 6 nitrogen and oxygen atoms in total. The average molecular weight is 341 g/mol. The van der Waals surface area contributed by atoms with E-state index in [1.807, 2.05) is 32.9 Å². The molecule has 7 heteroatoms. The van der Waals surface area contributed by atoms with Gasteiger partial charge in [0.1, 0.15) is 0 Å². The number of H-pyrrole nitrogens is 2. The highest BCUT2D eigenvalue weighted by molar-refractivity contribution is 7.98. The number of rotatable bonds is 5. The van der Waals surface area contributed by atoms with Gasteiger partial charge in [0.2, 0.25) is 0 Å². The maximum absolute atomic E-state index is 12.3. The van der Waals surface area contributed by atoms with E-state index in [2.05, 4.69) is 25.1 Å². The van der Waals surface area contributed by atoms with Crippen molar-refractivity contribution in [3.8, 4) is 0 Å². The van der Waals surface area contributed by atoms with E-state index in [-0.39, 0.29) is 11.5 Å². The van der Waals surface area contributed by atoms with Crippen LogP contribution in [0, 0.1) is 13.8 Å². The van der Waals surface area contributed by atoms with Gasteiger partial charge in [-0.2, -0.15) is 5.10 Å². The maximum atomic E-state index is 12.3. The minimum absolute atomic E-state index is 0.0513. The van der Waals surface area contributed by atoms with Crippen LogP contribution in [0.1, 0.15) is 40.9 Å². The summed E-state index contributed by atoms with van der Waals surface area (Å²) in [6.07, 6.45) is 5.17. The molecule has 0 bridgehead atoms. The van der Waals surface area contributed by atoms with Crippen molar-refractivity contribution in [3.63, 3.8) is 0 Å². The lowest BCUT2D eigenvalue weighted by atomic mass is 9.98. The van der Waals surface area contributed by atoms with Crippen molar-refractivity contribution in [2.24, 2.45) is 0 Å². The number of nitrogens with one attached hydrogen (secondary N) is 2. The Kier molecular flexibility index (Phi) is 4.80. The highest BCUT2D eigenvalue weighted by atomic mass is 32.2. The molecule has 0 aromatic carbocycles. The second kappa shape index (κ2) is 7.00. The quantitative estimate of drug-likeness (QED) is 0.550. The third kappa shape index (κ3) is 3.73. The topological polar surface area (TPSA) is 87.3 Å². The first-order valence-corrected chi connectivity index (χ1v) is 8.66. The van der Waals surface area contributed by atoms with Crippen LogP contribution in [-0.2, 0) is 5.75 Å². The SMILES string of the molecule is Cc1cc(CSc2ncc(C(C)c3cn[nH]c3)c(=O)[nH]2)cc(C)n1. The van der Waals surface area contributed by atoms with E-state index in [1.165, 1.54) is 17.3 Å². The van der Waals surface area contributed by atoms with E-state index in [0.717, 1.165) is 22.7 Å². The van der Waals surface area contributed by atoms with Crippen LogP contribution < -0.4 is 5.56 Å². The van der Waals surface area contributed by atoms with E-state index in [1.54, 1.807) is 18.6 Å². The number of aromatic nitrogens is 5. The van der Waals surface area contributed by atoms with Crippen LogP contribution in [0.15, 0.2) is 40.7 Å². The fraction of sp³-hybridized carbons (Fsp3) is 0.294. The molecule has 1 atom stereocenters. The maximum Gasteiger partial charge on any atom is 0.255 e. The molecule has 3 aromatic heterocycles. The second-order valence-electron chi connectivity index (χ2n) is 5.77. The molecule has 1 unspecified atom stereocenters. The summed E-state index contributed by atoms with van der Waals surface area (Å²) in [7, 11) is 0. The van der Waals surface area contributed by atoms with Gasteiger partial charge in [0.15, 0.2) is 5.16 Å². The predicted octanol–water partition coefficient (Wildman–Crippen LogP) is 2.95. The highest BCUT2D eigenvalue weighted by Crippen LogP contribution is 2.22. The average Bonchev–Trinajstić information content (AvgIpc) is 3.06. The van der Waals surface area contributed by atoms with Crippen molar-refractivity contribution < 1.29 is 0 Å². The van der Waals surface area contributed by atoms with Crippen molar-refractivity contribution >= 4 is 11.8 Å². The number of aromatic amines is 2. The molecule has 2 N–H and O–H groups in total. The minimum atomic E-state index is -0.108. The molecule has 0 radical (unpaired) electrons. The zero-order valence-electron chi connectivity index (χ0n) is 13.8. The van der Waals surface area contributed by atoms with Crippen LogP contribution in [0.4, 0.5) is 0 Å². The molecule has 0 amide bonds. The van der Waals surface area contributed by atoms with Gasteiger partial charge in [0, 0.05) is 41.0 Å². The Bertz CT molecular complexity index is 868. The first kappa shape index (κ1) is 16.4. The van der Waals surface area contributed by atoms with Gasteiger partial charge in [-0.3, -0.25) is 14.9 Å². The molecule has 0 aliphatic rings. The molecule has 24 heavy (non-hydrogen) atoms. The molecule has 0 aliphatic carbocycles. The summed E-state index contributed by atoms with van der Waals surface area (Å²) in [6, 6.07) is 4.10. The van der Waals surface area contributed by atoms with E-state index in [4.69, 9.17) is 0 Å². The molecule has 3 heterocycles. The summed E-state index contributed by atoms with van der Waals surface area (Å²) in [5.74, 6) is 0.689. The third-order valence-electron chi connectivity index (χ3n) is 3.81. The lowest BCUT2D eigenvalue weighted by Gasteiger charge is -2.09. The van der Waals surface area contributed by atoms with Crippen LogP contribution >= 0.6 is 11.8 Å². The van der Waals surface area contributed by atoms with Crippen LogP contribution in [0.5, 0.6) is 0 Å². The van der Waals surface area contributed by atoms with Crippen molar-refractivity contribution in [2.45, 2.75) is 37.6 Å². The molecule has 3 rings (SSSR count). The molecular formula is C17H19N5OS. The monoisotopic (exact) mass is 341 g/mol. The number of hydrogen-bond acceptors (Lipinski definition) is 5. The minimum Gasteiger partial charge on any atom is -0.301 e. The molecule has 124 valence electrons. The summed E-state index contributed by atoms with van der Waals surface area (Å²) in [6.45, 7) is 5.92. The van der Waals surface area contributed by atoms with Gasteiger partial charge >= 0.3 is 0 Å². The number of thioether (sulfide) groups is 1. The summed E-state index contributed by atoms with van der Waals surface area (Å²) >= 11 is 1.51. The van der Waals surface area contributed by atoms with Gasteiger partial charge in [-0.1, -0.05) is 18.7 Å². The largest absolute Gasteiger partial charge is 0.301 e. The fourth-order valence-corrected chi connectivity index (χ4v) is 3.37. The van der Waals surface area contributed by atoms with E-state index in [9.17, 15) is 4.79 Å². The predicted molar refractivity (Wildman–Crippen MR) is 94.2 cm³/mol. The van der Waals surface area contributed by atoms with Crippen molar-refractivity contribution in [1.82, 2.24) is 25.1 Å². The van der Waals surface area contributed by atoms with E-state index < -0.39 is 0 Å². The molecule has 0 spiro atoms. The van der Waals surface area contributed by atoms with Crippen LogP contribution in [0.2, 0.25) is 0 Å². The normalized spacial score (nSPS) is 12.3. The molecule has 0 fully saturated rings. The molecular weight excluding hydrogens is 322 g/mol. The first-order valence-electron chi connectivity index (χ1n) is 7.68. The van der Waals surface area contributed by atoms with Gasteiger partial charge in [0.25, 0.3) is 5.56 Å². The Hall–Kier alpha value is -2.41. The Morgan fingerprint density at radius 2 is 1.96 bits per heavy atom. The summed E-state index contributed by atoms with van der Waals surface area (Å²) < 4.78 is 0. The van der Waals surface area contributed by atoms with Gasteiger partial charge < -0.3 is 4.98 Å². The molecule has 0 aliphatic heterocycles. The molecule has 0 saturated carbocycles. The van der Waals surface area contributed by atoms with E-state index >= 15 is 0 Å². The molecule has 3 aromatic rings. The van der Waals surface area contributed by atoms with Crippen LogP contribution in [-0.4, -0.2) is 25.1 Å². The molecule has 0 saturated heterocycles. The highest BCUT2D eigenvalue weighted by Gasteiger charge is 2.14.